The molecule has 2 rings (SSSR count). The van der Waals surface area contributed by atoms with Gasteiger partial charge in [0.15, 0.2) is 0 Å². The van der Waals surface area contributed by atoms with Crippen molar-refractivity contribution in [3.8, 4) is 0 Å². The molecule has 1 amide bonds. The van der Waals surface area contributed by atoms with Crippen LogP contribution < -0.4 is 4.90 Å². The number of piperidine rings is 1. The number of esters is 1. The lowest BCUT2D eigenvalue weighted by molar-refractivity contribution is -0.147. The van der Waals surface area contributed by atoms with Gasteiger partial charge in [-0.15, -0.1) is 0 Å². The van der Waals surface area contributed by atoms with Gasteiger partial charge in [0.05, 0.1) is 7.11 Å². The molecule has 1 fully saturated rings. The van der Waals surface area contributed by atoms with Crippen molar-refractivity contribution in [2.45, 2.75) is 25.3 Å². The number of hydrogen-bond donors (Lipinski definition) is 0. The zero-order valence-electron chi connectivity index (χ0n) is 12.7. The van der Waals surface area contributed by atoms with Crippen LogP contribution >= 0.6 is 0 Å². The van der Waals surface area contributed by atoms with E-state index in [0.717, 1.165) is 12.8 Å². The third-order valence-corrected chi connectivity index (χ3v) is 3.69. The van der Waals surface area contributed by atoms with E-state index in [0.29, 0.717) is 24.3 Å². The quantitative estimate of drug-likeness (QED) is 0.786. The number of anilines is 1. The molecule has 2 heterocycles. The first-order chi connectivity index (χ1) is 10.0. The van der Waals surface area contributed by atoms with Gasteiger partial charge in [-0.05, 0) is 31.4 Å². The molecular formula is C15H21N3O3. The van der Waals surface area contributed by atoms with Gasteiger partial charge in [-0.3, -0.25) is 4.79 Å². The van der Waals surface area contributed by atoms with Crippen LogP contribution in [0.4, 0.5) is 5.82 Å². The lowest BCUT2D eigenvalue weighted by atomic mass is 10.0. The van der Waals surface area contributed by atoms with Crippen LogP contribution in [0.3, 0.4) is 0 Å². The van der Waals surface area contributed by atoms with Crippen molar-refractivity contribution in [3.05, 3.63) is 23.9 Å². The van der Waals surface area contributed by atoms with Crippen LogP contribution in [-0.2, 0) is 9.53 Å². The number of amides is 1. The molecule has 1 aliphatic rings. The highest BCUT2D eigenvalue weighted by Gasteiger charge is 2.33. The molecule has 1 atom stereocenters. The summed E-state index contributed by atoms with van der Waals surface area (Å²) in [7, 11) is 5.10. The maximum absolute atomic E-state index is 12.7. The van der Waals surface area contributed by atoms with Gasteiger partial charge in [0.1, 0.15) is 11.9 Å². The zero-order valence-corrected chi connectivity index (χ0v) is 12.7. The molecule has 0 radical (unpaired) electrons. The Bertz CT molecular complexity index is 531. The van der Waals surface area contributed by atoms with Gasteiger partial charge in [-0.2, -0.15) is 0 Å². The van der Waals surface area contributed by atoms with Crippen molar-refractivity contribution >= 4 is 17.7 Å². The second kappa shape index (κ2) is 6.56. The van der Waals surface area contributed by atoms with Crippen molar-refractivity contribution in [2.75, 3.05) is 32.6 Å². The maximum atomic E-state index is 12.7. The normalized spacial score (nSPS) is 18.2. The smallest absolute Gasteiger partial charge is 0.328 e. The van der Waals surface area contributed by atoms with Gasteiger partial charge >= 0.3 is 5.97 Å². The van der Waals surface area contributed by atoms with Gasteiger partial charge in [-0.1, -0.05) is 0 Å². The van der Waals surface area contributed by atoms with E-state index in [-0.39, 0.29) is 11.9 Å². The fourth-order valence-corrected chi connectivity index (χ4v) is 2.52. The van der Waals surface area contributed by atoms with Gasteiger partial charge in [0.2, 0.25) is 0 Å². The minimum absolute atomic E-state index is 0.143. The number of methoxy groups -OCH3 is 1. The highest BCUT2D eigenvalue weighted by atomic mass is 16.5. The lowest BCUT2D eigenvalue weighted by Gasteiger charge is -2.33. The summed E-state index contributed by atoms with van der Waals surface area (Å²) in [5.74, 6) is 0.230. The number of rotatable bonds is 3. The van der Waals surface area contributed by atoms with E-state index in [4.69, 9.17) is 4.74 Å². The highest BCUT2D eigenvalue weighted by Crippen LogP contribution is 2.21. The summed E-state index contributed by atoms with van der Waals surface area (Å²) in [5.41, 5.74) is 0.546. The molecule has 1 unspecified atom stereocenters. The molecule has 0 saturated carbocycles. The average molecular weight is 291 g/mol. The number of aromatic nitrogens is 1. The Morgan fingerprint density at radius 2 is 2.14 bits per heavy atom. The molecule has 114 valence electrons. The van der Waals surface area contributed by atoms with Crippen LogP contribution in [0.15, 0.2) is 18.3 Å². The Kier molecular flexibility index (Phi) is 4.77. The average Bonchev–Trinajstić information content (AvgIpc) is 2.53. The maximum Gasteiger partial charge on any atom is 0.328 e. The molecule has 21 heavy (non-hydrogen) atoms. The van der Waals surface area contributed by atoms with Gasteiger partial charge in [0.25, 0.3) is 5.91 Å². The number of carbonyl (C=O) groups excluding carboxylic acids is 2. The Labute approximate surface area is 124 Å². The number of carbonyl (C=O) groups is 2. The Morgan fingerprint density at radius 1 is 1.38 bits per heavy atom. The molecule has 1 saturated heterocycles. The van der Waals surface area contributed by atoms with E-state index in [1.165, 1.54) is 7.11 Å². The summed E-state index contributed by atoms with van der Waals surface area (Å²) in [6.45, 7) is 0.582. The zero-order chi connectivity index (χ0) is 15.4. The summed E-state index contributed by atoms with van der Waals surface area (Å²) in [6, 6.07) is 2.94. The van der Waals surface area contributed by atoms with E-state index < -0.39 is 6.04 Å². The van der Waals surface area contributed by atoms with Crippen molar-refractivity contribution < 1.29 is 14.3 Å². The topological polar surface area (TPSA) is 62.7 Å². The molecular weight excluding hydrogens is 270 g/mol. The number of pyridine rings is 1. The first kappa shape index (κ1) is 15.3. The summed E-state index contributed by atoms with van der Waals surface area (Å²) >= 11 is 0. The first-order valence-electron chi connectivity index (χ1n) is 7.06. The van der Waals surface area contributed by atoms with Crippen LogP contribution in [-0.4, -0.2) is 55.6 Å². The second-order valence-corrected chi connectivity index (χ2v) is 5.33. The molecule has 0 N–H and O–H groups in total. The predicted octanol–water partition coefficient (Wildman–Crippen LogP) is 1.32. The predicted molar refractivity (Wildman–Crippen MR) is 79.3 cm³/mol. The van der Waals surface area contributed by atoms with E-state index in [9.17, 15) is 9.59 Å². The van der Waals surface area contributed by atoms with E-state index in [1.54, 1.807) is 23.2 Å². The van der Waals surface area contributed by atoms with Crippen LogP contribution in [0.5, 0.6) is 0 Å². The number of ether oxygens (including phenoxy) is 1. The Morgan fingerprint density at radius 3 is 2.81 bits per heavy atom. The Balaban J connectivity index is 2.24. The van der Waals surface area contributed by atoms with Crippen LogP contribution in [0.2, 0.25) is 0 Å². The summed E-state index contributed by atoms with van der Waals surface area (Å²) < 4.78 is 4.81. The third kappa shape index (κ3) is 3.32. The minimum atomic E-state index is -0.479. The summed E-state index contributed by atoms with van der Waals surface area (Å²) in [6.07, 6.45) is 4.11. The molecule has 6 heteroatoms. The molecule has 0 aliphatic carbocycles. The van der Waals surface area contributed by atoms with E-state index in [1.807, 2.05) is 19.0 Å². The number of likely N-dealkylation sites (tertiary alicyclic amines) is 1. The molecule has 1 aromatic heterocycles. The van der Waals surface area contributed by atoms with Gasteiger partial charge < -0.3 is 14.5 Å². The fourth-order valence-electron chi connectivity index (χ4n) is 2.52. The van der Waals surface area contributed by atoms with Crippen molar-refractivity contribution in [1.29, 1.82) is 0 Å². The number of nitrogens with zero attached hydrogens (tertiary/aromatic N) is 3. The first-order valence-corrected chi connectivity index (χ1v) is 7.06. The standard InChI is InChI=1S/C15H21N3O3/c1-17(2)13-10-11(7-8-16-13)14(19)18-9-5-4-6-12(18)15(20)21-3/h7-8,10,12H,4-6,9H2,1-3H3. The van der Waals surface area contributed by atoms with Gasteiger partial charge in [-0.25, -0.2) is 9.78 Å². The van der Waals surface area contributed by atoms with Crippen molar-refractivity contribution in [2.24, 2.45) is 0 Å². The lowest BCUT2D eigenvalue weighted by Crippen LogP contribution is -2.48. The molecule has 0 aromatic carbocycles. The van der Waals surface area contributed by atoms with Gasteiger partial charge in [0, 0.05) is 32.4 Å². The van der Waals surface area contributed by atoms with Crippen LogP contribution in [0, 0.1) is 0 Å². The second-order valence-electron chi connectivity index (χ2n) is 5.33. The van der Waals surface area contributed by atoms with E-state index in [2.05, 4.69) is 4.98 Å². The van der Waals surface area contributed by atoms with E-state index >= 15 is 0 Å². The van der Waals surface area contributed by atoms with Crippen LogP contribution in [0.25, 0.3) is 0 Å². The number of hydrogen-bond acceptors (Lipinski definition) is 5. The molecule has 1 aliphatic heterocycles. The molecule has 0 bridgehead atoms. The Hall–Kier alpha value is -2.11. The third-order valence-electron chi connectivity index (χ3n) is 3.69. The fraction of sp³-hybridized carbons (Fsp3) is 0.533. The molecule has 1 aromatic rings. The monoisotopic (exact) mass is 291 g/mol. The van der Waals surface area contributed by atoms with Crippen LogP contribution in [0.1, 0.15) is 29.6 Å². The van der Waals surface area contributed by atoms with Crippen molar-refractivity contribution in [3.63, 3.8) is 0 Å². The highest BCUT2D eigenvalue weighted by molar-refractivity contribution is 5.97. The summed E-state index contributed by atoms with van der Waals surface area (Å²) in [4.78, 5) is 32.2. The minimum Gasteiger partial charge on any atom is -0.467 e. The van der Waals surface area contributed by atoms with Crippen molar-refractivity contribution in [1.82, 2.24) is 9.88 Å². The summed E-state index contributed by atoms with van der Waals surface area (Å²) in [5, 5.41) is 0. The molecule has 0 spiro atoms. The molecule has 6 nitrogen and oxygen atoms in total. The SMILES string of the molecule is COC(=O)C1CCCCN1C(=O)c1ccnc(N(C)C)c1. The largest absolute Gasteiger partial charge is 0.467 e.